The van der Waals surface area contributed by atoms with Crippen molar-refractivity contribution in [3.63, 3.8) is 0 Å². The van der Waals surface area contributed by atoms with Crippen LogP contribution in [0.5, 0.6) is 5.75 Å². The third-order valence-electron chi connectivity index (χ3n) is 4.45. The van der Waals surface area contributed by atoms with Crippen molar-refractivity contribution < 1.29 is 22.4 Å². The highest BCUT2D eigenvalue weighted by Crippen LogP contribution is 2.36. The van der Waals surface area contributed by atoms with Gasteiger partial charge in [0.15, 0.2) is 11.6 Å². The van der Waals surface area contributed by atoms with Crippen LogP contribution in [0.2, 0.25) is 0 Å². The van der Waals surface area contributed by atoms with Gasteiger partial charge in [-0.15, -0.1) is 0 Å². The molecule has 4 N–H and O–H groups in total. The average Bonchev–Trinajstić information content (AvgIpc) is 3.08. The Balaban J connectivity index is 1.83. The lowest BCUT2D eigenvalue weighted by molar-refractivity contribution is 0.102. The number of oxazole rings is 1. The molecule has 1 aromatic carbocycles. The van der Waals surface area contributed by atoms with Gasteiger partial charge in [0.1, 0.15) is 12.0 Å². The Labute approximate surface area is 162 Å². The van der Waals surface area contributed by atoms with Crippen molar-refractivity contribution in [3.8, 4) is 5.75 Å². The summed E-state index contributed by atoms with van der Waals surface area (Å²) in [5, 5.41) is 10.1. The Morgan fingerprint density at radius 1 is 1.46 bits per heavy atom. The molecular weight excluding hydrogens is 386 g/mol. The van der Waals surface area contributed by atoms with E-state index in [9.17, 15) is 13.2 Å². The molecule has 0 aliphatic carbocycles. The first-order valence-electron chi connectivity index (χ1n) is 8.48. The molecule has 0 radical (unpaired) electrons. The van der Waals surface area contributed by atoms with E-state index in [1.54, 1.807) is 25.1 Å². The molecule has 0 saturated carbocycles. The lowest BCUT2D eigenvalue weighted by Crippen LogP contribution is -2.40. The predicted octanol–water partition coefficient (Wildman–Crippen LogP) is 1.26. The minimum absolute atomic E-state index is 0.147. The van der Waals surface area contributed by atoms with Gasteiger partial charge in [-0.3, -0.25) is 10.2 Å². The summed E-state index contributed by atoms with van der Waals surface area (Å²) in [6.07, 6.45) is 1.75. The molecule has 1 unspecified atom stereocenters. The highest BCUT2D eigenvalue weighted by atomic mass is 32.2. The van der Waals surface area contributed by atoms with Gasteiger partial charge in [-0.1, -0.05) is 0 Å². The quantitative estimate of drug-likeness (QED) is 0.498. The molecule has 28 heavy (non-hydrogen) atoms. The van der Waals surface area contributed by atoms with Gasteiger partial charge in [0, 0.05) is 31.1 Å². The van der Waals surface area contributed by atoms with Gasteiger partial charge in [-0.2, -0.15) is 0 Å². The number of anilines is 1. The number of ether oxygens (including phenoxy) is 1. The topological polar surface area (TPSA) is 152 Å². The normalized spacial score (nSPS) is 16.0. The summed E-state index contributed by atoms with van der Waals surface area (Å²) in [6, 6.07) is 5.04. The molecule has 1 atom stereocenters. The van der Waals surface area contributed by atoms with Gasteiger partial charge in [-0.05, 0) is 24.6 Å². The van der Waals surface area contributed by atoms with E-state index in [0.29, 0.717) is 35.9 Å². The van der Waals surface area contributed by atoms with Gasteiger partial charge in [0.25, 0.3) is 5.91 Å². The third-order valence-corrected chi connectivity index (χ3v) is 6.31. The number of guanidine groups is 1. The van der Waals surface area contributed by atoms with Gasteiger partial charge >= 0.3 is 0 Å². The van der Waals surface area contributed by atoms with Crippen molar-refractivity contribution in [2.24, 2.45) is 5.73 Å². The molecule has 1 aliphatic rings. The largest absolute Gasteiger partial charge is 0.493 e. The van der Waals surface area contributed by atoms with Crippen LogP contribution in [0.4, 0.5) is 5.69 Å². The predicted molar refractivity (Wildman–Crippen MR) is 102 cm³/mol. The first-order valence-corrected chi connectivity index (χ1v) is 10.1. The maximum absolute atomic E-state index is 12.5. The zero-order valence-electron chi connectivity index (χ0n) is 15.4. The van der Waals surface area contributed by atoms with Crippen LogP contribution < -0.4 is 15.8 Å². The molecule has 0 bridgehead atoms. The monoisotopic (exact) mass is 407 g/mol. The fraction of sp³-hybridized carbons (Fsp3) is 0.353. The summed E-state index contributed by atoms with van der Waals surface area (Å²) in [5.41, 5.74) is 6.60. The second kappa shape index (κ2) is 7.50. The molecule has 3 rings (SSSR count). The minimum Gasteiger partial charge on any atom is -0.493 e. The number of carbonyl (C=O) groups excluding carboxylic acids is 1. The zero-order chi connectivity index (χ0) is 20.5. The number of rotatable bonds is 5. The summed E-state index contributed by atoms with van der Waals surface area (Å²) in [6.45, 7) is 2.01. The molecule has 0 spiro atoms. The fourth-order valence-corrected chi connectivity index (χ4v) is 4.27. The number of carbonyl (C=O) groups is 1. The number of sulfonamides is 1. The highest BCUT2D eigenvalue weighted by Gasteiger charge is 2.30. The maximum atomic E-state index is 12.5. The summed E-state index contributed by atoms with van der Waals surface area (Å²) in [7, 11) is -2.52. The van der Waals surface area contributed by atoms with Crippen LogP contribution >= 0.6 is 0 Å². The first kappa shape index (κ1) is 19.7. The molecule has 11 heteroatoms. The third kappa shape index (κ3) is 4.09. The van der Waals surface area contributed by atoms with E-state index in [1.165, 1.54) is 13.3 Å². The van der Waals surface area contributed by atoms with Gasteiger partial charge < -0.3 is 20.2 Å². The standard InChI is InChI=1S/C17H21N5O5S/c1-10-20-14(8-27-10)16(23)21-12-3-4-15-13(7-12)11(5-6-26-15)9-28(24,25)22(2)17(18)19/h3-4,7-8,11H,5-6,9H2,1-2H3,(H3,18,19)(H,21,23). The van der Waals surface area contributed by atoms with Crippen LogP contribution in [0.15, 0.2) is 28.9 Å². The molecule has 1 aliphatic heterocycles. The van der Waals surface area contributed by atoms with Crippen LogP contribution in [0.3, 0.4) is 0 Å². The van der Waals surface area contributed by atoms with Crippen molar-refractivity contribution in [2.45, 2.75) is 19.3 Å². The molecule has 10 nitrogen and oxygen atoms in total. The van der Waals surface area contributed by atoms with Gasteiger partial charge in [-0.25, -0.2) is 17.7 Å². The SMILES string of the molecule is Cc1nc(C(=O)Nc2ccc3c(c2)C(CS(=O)(=O)N(C)C(=N)N)CCO3)co1. The smallest absolute Gasteiger partial charge is 0.277 e. The van der Waals surface area contributed by atoms with E-state index in [4.69, 9.17) is 20.3 Å². The van der Waals surface area contributed by atoms with Crippen LogP contribution in [0, 0.1) is 12.3 Å². The van der Waals surface area contributed by atoms with E-state index in [2.05, 4.69) is 10.3 Å². The molecule has 1 aromatic heterocycles. The first-order chi connectivity index (χ1) is 13.2. The number of aryl methyl sites for hydroxylation is 1. The number of hydrogen-bond acceptors (Lipinski definition) is 7. The average molecular weight is 407 g/mol. The van der Waals surface area contributed by atoms with Crippen molar-refractivity contribution in [3.05, 3.63) is 41.6 Å². The van der Waals surface area contributed by atoms with Crippen molar-refractivity contribution >= 4 is 27.6 Å². The lowest BCUT2D eigenvalue weighted by atomic mass is 9.94. The van der Waals surface area contributed by atoms with E-state index < -0.39 is 21.9 Å². The number of fused-ring (bicyclic) bond motifs is 1. The minimum atomic E-state index is -3.76. The Bertz CT molecular complexity index is 1020. The molecule has 150 valence electrons. The Hall–Kier alpha value is -3.08. The zero-order valence-corrected chi connectivity index (χ0v) is 16.2. The van der Waals surface area contributed by atoms with Crippen molar-refractivity contribution in [1.29, 1.82) is 5.41 Å². The molecule has 1 amide bonds. The number of aromatic nitrogens is 1. The fourth-order valence-electron chi connectivity index (χ4n) is 2.90. The number of nitrogens with two attached hydrogens (primary N) is 1. The maximum Gasteiger partial charge on any atom is 0.277 e. The summed E-state index contributed by atoms with van der Waals surface area (Å²) in [4.78, 5) is 16.2. The Morgan fingerprint density at radius 2 is 2.21 bits per heavy atom. The van der Waals surface area contributed by atoms with Crippen LogP contribution in [0.1, 0.15) is 34.3 Å². The van der Waals surface area contributed by atoms with Crippen LogP contribution in [0.25, 0.3) is 0 Å². The highest BCUT2D eigenvalue weighted by molar-refractivity contribution is 7.89. The van der Waals surface area contributed by atoms with Crippen LogP contribution in [-0.4, -0.2) is 49.0 Å². The van der Waals surface area contributed by atoms with E-state index in [-0.39, 0.29) is 17.4 Å². The number of hydrogen-bond donors (Lipinski definition) is 3. The summed E-state index contributed by atoms with van der Waals surface area (Å²) < 4.78 is 36.3. The molecule has 0 saturated heterocycles. The number of benzene rings is 1. The lowest BCUT2D eigenvalue weighted by Gasteiger charge is -2.28. The molecular formula is C17H21N5O5S. The van der Waals surface area contributed by atoms with E-state index in [1.807, 2.05) is 0 Å². The second-order valence-corrected chi connectivity index (χ2v) is 8.47. The molecule has 0 fully saturated rings. The second-order valence-electron chi connectivity index (χ2n) is 6.42. The van der Waals surface area contributed by atoms with Crippen molar-refractivity contribution in [2.75, 3.05) is 24.7 Å². The summed E-state index contributed by atoms with van der Waals surface area (Å²) in [5.74, 6) is -0.623. The van der Waals surface area contributed by atoms with E-state index >= 15 is 0 Å². The van der Waals surface area contributed by atoms with Gasteiger partial charge in [0.2, 0.25) is 16.0 Å². The molecule has 2 aromatic rings. The number of nitrogens with zero attached hydrogens (tertiary/aromatic N) is 2. The Kier molecular flexibility index (Phi) is 5.27. The number of amides is 1. The van der Waals surface area contributed by atoms with Crippen LogP contribution in [-0.2, 0) is 10.0 Å². The summed E-state index contributed by atoms with van der Waals surface area (Å²) >= 11 is 0. The van der Waals surface area contributed by atoms with Crippen molar-refractivity contribution in [1.82, 2.24) is 9.29 Å². The van der Waals surface area contributed by atoms with E-state index in [0.717, 1.165) is 4.31 Å². The van der Waals surface area contributed by atoms with Gasteiger partial charge in [0.05, 0.1) is 12.4 Å². The molecule has 2 heterocycles. The Morgan fingerprint density at radius 3 is 2.86 bits per heavy atom. The number of nitrogens with one attached hydrogen (secondary N) is 2.